The molecule has 0 unspecified atom stereocenters. The molecule has 150 valence electrons. The highest BCUT2D eigenvalue weighted by Gasteiger charge is 2.61. The van der Waals surface area contributed by atoms with E-state index in [9.17, 15) is 4.79 Å². The van der Waals surface area contributed by atoms with Gasteiger partial charge in [0.15, 0.2) is 5.79 Å². The molecule has 5 rings (SSSR count). The van der Waals surface area contributed by atoms with Crippen LogP contribution in [-0.2, 0) is 14.3 Å². The molecule has 0 aromatic rings. The molecular formula is C23H34O3S. The number of carbonyl (C=O) groups is 1. The van der Waals surface area contributed by atoms with E-state index in [2.05, 4.69) is 13.0 Å². The smallest absolute Gasteiger partial charge is 0.172 e. The van der Waals surface area contributed by atoms with Crippen molar-refractivity contribution in [2.45, 2.75) is 71.0 Å². The molecule has 6 atom stereocenters. The molecule has 4 fully saturated rings. The minimum absolute atomic E-state index is 0.224. The van der Waals surface area contributed by atoms with E-state index in [4.69, 9.17) is 22.1 Å². The maximum atomic E-state index is 12.3. The largest absolute Gasteiger partial charge is 0.347 e. The van der Waals surface area contributed by atoms with Gasteiger partial charge in [0.05, 0.1) is 13.2 Å². The first-order chi connectivity index (χ1) is 12.9. The van der Waals surface area contributed by atoms with Gasteiger partial charge in [0.1, 0.15) is 5.78 Å². The van der Waals surface area contributed by atoms with Gasteiger partial charge in [0.25, 0.3) is 0 Å². The molecular weight excluding hydrogens is 356 g/mol. The molecule has 0 radical (unpaired) electrons. The Bertz CT molecular complexity index is 667. The van der Waals surface area contributed by atoms with Crippen molar-refractivity contribution in [1.82, 2.24) is 0 Å². The molecule has 27 heavy (non-hydrogen) atoms. The second-order valence-corrected chi connectivity index (χ2v) is 10.5. The fourth-order valence-electron chi connectivity index (χ4n) is 8.12. The molecule has 1 spiro atoms. The van der Waals surface area contributed by atoms with Gasteiger partial charge in [0, 0.05) is 24.2 Å². The first-order valence-electron chi connectivity index (χ1n) is 11.0. The van der Waals surface area contributed by atoms with Crippen LogP contribution in [0.1, 0.15) is 65.2 Å². The summed E-state index contributed by atoms with van der Waals surface area (Å²) in [5.41, 5.74) is 2.02. The van der Waals surface area contributed by atoms with E-state index < -0.39 is 0 Å². The molecule has 0 bridgehead atoms. The molecule has 0 aromatic carbocycles. The van der Waals surface area contributed by atoms with Crippen LogP contribution in [0.15, 0.2) is 11.6 Å². The van der Waals surface area contributed by atoms with Crippen molar-refractivity contribution in [2.24, 2.45) is 34.5 Å². The summed E-state index contributed by atoms with van der Waals surface area (Å²) in [6, 6.07) is 0. The lowest BCUT2D eigenvalue weighted by Gasteiger charge is -2.59. The fraction of sp³-hybridized carbons (Fsp3) is 0.870. The minimum Gasteiger partial charge on any atom is -0.347 e. The Morgan fingerprint density at radius 1 is 1.15 bits per heavy atom. The second kappa shape index (κ2) is 6.34. The summed E-state index contributed by atoms with van der Waals surface area (Å²) in [5, 5.41) is 0. The predicted octanol–water partition coefficient (Wildman–Crippen LogP) is 4.81. The van der Waals surface area contributed by atoms with Crippen LogP contribution in [0.2, 0.25) is 0 Å². The lowest BCUT2D eigenvalue weighted by Crippen LogP contribution is -2.54. The summed E-state index contributed by atoms with van der Waals surface area (Å²) in [7, 11) is 0. The Morgan fingerprint density at radius 3 is 2.63 bits per heavy atom. The number of ether oxygens (including phenoxy) is 2. The molecule has 5 aliphatic rings. The molecule has 3 saturated carbocycles. The number of fused-ring (bicyclic) bond motifs is 5. The first-order valence-corrected chi connectivity index (χ1v) is 11.7. The molecule has 4 heteroatoms. The van der Waals surface area contributed by atoms with Crippen LogP contribution >= 0.6 is 12.6 Å². The SMILES string of the molecule is CC(=O)[C@H]1CC[C@H]2[C@@H]3CC=C4CC5(CC[C@]4(CS)[C@H]3CC[C@]12C)OCCO5. The molecule has 0 amide bonds. The summed E-state index contributed by atoms with van der Waals surface area (Å²) in [4.78, 5) is 12.3. The zero-order valence-electron chi connectivity index (χ0n) is 16.8. The number of carbonyl (C=O) groups excluding carboxylic acids is 1. The van der Waals surface area contributed by atoms with Gasteiger partial charge >= 0.3 is 0 Å². The maximum Gasteiger partial charge on any atom is 0.172 e. The van der Waals surface area contributed by atoms with Gasteiger partial charge in [-0.1, -0.05) is 18.6 Å². The number of Topliss-reactive ketones (excluding diaryl/α,β-unsaturated/α-hetero) is 1. The van der Waals surface area contributed by atoms with Gasteiger partial charge in [-0.25, -0.2) is 0 Å². The maximum absolute atomic E-state index is 12.3. The number of allylic oxidation sites excluding steroid dienone is 1. The monoisotopic (exact) mass is 390 g/mol. The van der Waals surface area contributed by atoms with E-state index in [0.717, 1.165) is 56.5 Å². The molecule has 1 saturated heterocycles. The van der Waals surface area contributed by atoms with E-state index in [0.29, 0.717) is 11.7 Å². The molecule has 0 N–H and O–H groups in total. The third-order valence-corrected chi connectivity index (χ3v) is 9.99. The Balaban J connectivity index is 1.47. The normalized spacial score (nSPS) is 47.9. The Kier molecular flexibility index (Phi) is 4.39. The topological polar surface area (TPSA) is 35.5 Å². The van der Waals surface area contributed by atoms with Crippen molar-refractivity contribution in [3.63, 3.8) is 0 Å². The summed E-state index contributed by atoms with van der Waals surface area (Å²) in [6.45, 7) is 5.72. The fourth-order valence-corrected chi connectivity index (χ4v) is 8.71. The summed E-state index contributed by atoms with van der Waals surface area (Å²) in [5.74, 6) is 3.45. The van der Waals surface area contributed by atoms with E-state index in [1.54, 1.807) is 5.57 Å². The quantitative estimate of drug-likeness (QED) is 0.543. The van der Waals surface area contributed by atoms with Crippen molar-refractivity contribution in [3.8, 4) is 0 Å². The summed E-state index contributed by atoms with van der Waals surface area (Å²) >= 11 is 4.92. The van der Waals surface area contributed by atoms with E-state index in [-0.39, 0.29) is 22.5 Å². The average molecular weight is 391 g/mol. The van der Waals surface area contributed by atoms with Crippen molar-refractivity contribution in [1.29, 1.82) is 0 Å². The van der Waals surface area contributed by atoms with Crippen LogP contribution in [0.5, 0.6) is 0 Å². The molecule has 3 nitrogen and oxygen atoms in total. The number of rotatable bonds is 2. The standard InChI is InChI=1S/C23H34O3S/c1-15(24)18-5-6-19-17-4-3-16-13-23(25-11-12-26-23)10-9-22(16,14-27)20(17)7-8-21(18,19)2/h3,17-20,27H,4-14H2,1-2H3/t17-,18+,19-,20-,21+,22+/m0/s1. The van der Waals surface area contributed by atoms with Gasteiger partial charge < -0.3 is 9.47 Å². The number of thiol groups is 1. The van der Waals surface area contributed by atoms with Gasteiger partial charge in [0.2, 0.25) is 0 Å². The minimum atomic E-state index is -0.346. The molecule has 1 aliphatic heterocycles. The van der Waals surface area contributed by atoms with Gasteiger partial charge in [-0.05, 0) is 74.4 Å². The predicted molar refractivity (Wildman–Crippen MR) is 109 cm³/mol. The highest BCUT2D eigenvalue weighted by Crippen LogP contribution is 2.67. The van der Waals surface area contributed by atoms with Crippen molar-refractivity contribution >= 4 is 18.4 Å². The number of hydrogen-bond acceptors (Lipinski definition) is 4. The van der Waals surface area contributed by atoms with Crippen LogP contribution in [0.25, 0.3) is 0 Å². The Hall–Kier alpha value is -0.320. The molecule has 4 aliphatic carbocycles. The number of ketones is 1. The first kappa shape index (κ1) is 18.7. The Labute approximate surface area is 169 Å². The Morgan fingerprint density at radius 2 is 1.93 bits per heavy atom. The van der Waals surface area contributed by atoms with Crippen molar-refractivity contribution < 1.29 is 14.3 Å². The molecule has 1 heterocycles. The van der Waals surface area contributed by atoms with Crippen LogP contribution in [0.3, 0.4) is 0 Å². The summed E-state index contributed by atoms with van der Waals surface area (Å²) in [6.07, 6.45) is 11.6. The molecule has 0 aromatic heterocycles. The highest BCUT2D eigenvalue weighted by atomic mass is 32.1. The van der Waals surface area contributed by atoms with E-state index in [1.807, 2.05) is 6.92 Å². The van der Waals surface area contributed by atoms with Crippen LogP contribution < -0.4 is 0 Å². The van der Waals surface area contributed by atoms with Gasteiger partial charge in [-0.15, -0.1) is 0 Å². The third kappa shape index (κ3) is 2.51. The van der Waals surface area contributed by atoms with Gasteiger partial charge in [-0.3, -0.25) is 4.79 Å². The van der Waals surface area contributed by atoms with Crippen LogP contribution in [-0.4, -0.2) is 30.5 Å². The lowest BCUT2D eigenvalue weighted by molar-refractivity contribution is -0.184. The second-order valence-electron chi connectivity index (χ2n) is 10.2. The average Bonchev–Trinajstić information content (AvgIpc) is 3.25. The van der Waals surface area contributed by atoms with E-state index >= 15 is 0 Å². The number of hydrogen-bond donors (Lipinski definition) is 1. The zero-order chi connectivity index (χ0) is 18.9. The highest BCUT2D eigenvalue weighted by molar-refractivity contribution is 7.80. The van der Waals surface area contributed by atoms with Gasteiger partial charge in [-0.2, -0.15) is 12.6 Å². The van der Waals surface area contributed by atoms with Crippen LogP contribution in [0, 0.1) is 34.5 Å². The summed E-state index contributed by atoms with van der Waals surface area (Å²) < 4.78 is 12.1. The lowest BCUT2D eigenvalue weighted by atomic mass is 9.47. The third-order valence-electron chi connectivity index (χ3n) is 9.42. The van der Waals surface area contributed by atoms with E-state index in [1.165, 1.54) is 25.7 Å². The van der Waals surface area contributed by atoms with Crippen molar-refractivity contribution in [3.05, 3.63) is 11.6 Å². The zero-order valence-corrected chi connectivity index (χ0v) is 17.7. The van der Waals surface area contributed by atoms with Crippen LogP contribution in [0.4, 0.5) is 0 Å². The van der Waals surface area contributed by atoms with Crippen molar-refractivity contribution in [2.75, 3.05) is 19.0 Å².